The Balaban J connectivity index is 0. The summed E-state index contributed by atoms with van der Waals surface area (Å²) in [4.78, 5) is 10.1. The fourth-order valence-corrected chi connectivity index (χ4v) is 0.587. The summed E-state index contributed by atoms with van der Waals surface area (Å²) in [6.07, 6.45) is 0.620. The van der Waals surface area contributed by atoms with Crippen molar-refractivity contribution in [3.05, 3.63) is 29.8 Å². The second-order valence-corrected chi connectivity index (χ2v) is 1.68. The third kappa shape index (κ3) is 3.53. The van der Waals surface area contributed by atoms with Crippen LogP contribution in [0.15, 0.2) is 24.3 Å². The van der Waals surface area contributed by atoms with E-state index in [1.54, 1.807) is 18.2 Å². The number of phenols is 1. The van der Waals surface area contributed by atoms with Crippen LogP contribution in [0.3, 0.4) is 0 Å². The Hall–Kier alpha value is -0.350. The number of hydrogen-bond donors (Lipinski definition) is 1. The minimum Gasteiger partial charge on any atom is -0.870 e. The standard InChI is InChI=1S/C7H6O2.Na.H2O/c8-5-6-3-1-2-4-7(6)9;;/h1-5,9H;;1H2/q;+1;/p-1. The Morgan fingerprint density at radius 1 is 1.27 bits per heavy atom. The summed E-state index contributed by atoms with van der Waals surface area (Å²) >= 11 is 0. The van der Waals surface area contributed by atoms with Crippen molar-refractivity contribution in [1.29, 1.82) is 0 Å². The van der Waals surface area contributed by atoms with Crippen molar-refractivity contribution < 1.29 is 44.9 Å². The molecule has 54 valence electrons. The molecule has 0 aliphatic carbocycles. The fraction of sp³-hybridized carbons (Fsp3) is 0. The van der Waals surface area contributed by atoms with Gasteiger partial charge in [0.1, 0.15) is 5.75 Å². The number of hydrogen-bond acceptors (Lipinski definition) is 3. The van der Waals surface area contributed by atoms with Gasteiger partial charge >= 0.3 is 29.6 Å². The third-order valence-electron chi connectivity index (χ3n) is 1.06. The Bertz CT molecular complexity index is 225. The van der Waals surface area contributed by atoms with Crippen LogP contribution >= 0.6 is 0 Å². The molecule has 0 spiro atoms. The first-order valence-electron chi connectivity index (χ1n) is 2.58. The largest absolute Gasteiger partial charge is 1.00 e. The van der Waals surface area contributed by atoms with Gasteiger partial charge in [0.2, 0.25) is 0 Å². The maximum atomic E-state index is 10.1. The van der Waals surface area contributed by atoms with E-state index in [-0.39, 0.29) is 40.8 Å². The molecule has 0 atom stereocenters. The van der Waals surface area contributed by atoms with Crippen LogP contribution in [-0.4, -0.2) is 16.9 Å². The molecule has 0 unspecified atom stereocenters. The minimum atomic E-state index is 0. The maximum absolute atomic E-state index is 10.1. The van der Waals surface area contributed by atoms with E-state index in [0.717, 1.165) is 0 Å². The summed E-state index contributed by atoms with van der Waals surface area (Å²) in [5.74, 6) is 0.0347. The molecule has 4 heteroatoms. The van der Waals surface area contributed by atoms with Crippen molar-refractivity contribution in [3.8, 4) is 5.75 Å². The van der Waals surface area contributed by atoms with Gasteiger partial charge in [-0.25, -0.2) is 0 Å². The van der Waals surface area contributed by atoms with Gasteiger partial charge < -0.3 is 10.6 Å². The number of rotatable bonds is 1. The zero-order valence-corrected chi connectivity index (χ0v) is 8.19. The molecule has 0 saturated carbocycles. The van der Waals surface area contributed by atoms with Crippen molar-refractivity contribution in [2.75, 3.05) is 0 Å². The van der Waals surface area contributed by atoms with Gasteiger partial charge in [0, 0.05) is 0 Å². The van der Waals surface area contributed by atoms with E-state index in [1.807, 2.05) is 0 Å². The van der Waals surface area contributed by atoms with Gasteiger partial charge in [-0.05, 0) is 12.1 Å². The van der Waals surface area contributed by atoms with Crippen LogP contribution in [0.25, 0.3) is 0 Å². The summed E-state index contributed by atoms with van der Waals surface area (Å²) in [6, 6.07) is 6.40. The van der Waals surface area contributed by atoms with E-state index in [0.29, 0.717) is 11.8 Å². The van der Waals surface area contributed by atoms with E-state index < -0.39 is 0 Å². The molecule has 0 radical (unpaired) electrons. The molecule has 0 heterocycles. The zero-order chi connectivity index (χ0) is 6.69. The first-order chi connectivity index (χ1) is 4.34. The summed E-state index contributed by atoms with van der Waals surface area (Å²) < 4.78 is 0. The number of phenolic OH excluding ortho intramolecular Hbond substituents is 1. The van der Waals surface area contributed by atoms with Crippen LogP contribution in [-0.2, 0) is 0 Å². The second kappa shape index (κ2) is 6.37. The van der Waals surface area contributed by atoms with Crippen molar-refractivity contribution in [2.45, 2.75) is 0 Å². The SMILES string of the molecule is O=Cc1ccccc1O.[Na+].[OH-]. The zero-order valence-electron chi connectivity index (χ0n) is 6.19. The van der Waals surface area contributed by atoms with Crippen LogP contribution < -0.4 is 29.6 Å². The molecule has 2 N–H and O–H groups in total. The summed E-state index contributed by atoms with van der Waals surface area (Å²) in [5.41, 5.74) is 0.331. The number of benzene rings is 1. The second-order valence-electron chi connectivity index (χ2n) is 1.68. The predicted octanol–water partition coefficient (Wildman–Crippen LogP) is -1.97. The molecular formula is C7H7NaO3. The van der Waals surface area contributed by atoms with E-state index >= 15 is 0 Å². The van der Waals surface area contributed by atoms with Gasteiger partial charge in [0.15, 0.2) is 6.29 Å². The minimum absolute atomic E-state index is 0. The first-order valence-corrected chi connectivity index (χ1v) is 2.58. The molecule has 0 aromatic heterocycles. The van der Waals surface area contributed by atoms with E-state index in [2.05, 4.69) is 0 Å². The number of aldehydes is 1. The van der Waals surface area contributed by atoms with Crippen LogP contribution in [0.5, 0.6) is 5.75 Å². The monoisotopic (exact) mass is 162 g/mol. The average Bonchev–Trinajstić information content (AvgIpc) is 1.89. The van der Waals surface area contributed by atoms with E-state index in [4.69, 9.17) is 5.11 Å². The molecular weight excluding hydrogens is 155 g/mol. The van der Waals surface area contributed by atoms with Gasteiger partial charge in [0.25, 0.3) is 0 Å². The molecule has 1 aromatic carbocycles. The van der Waals surface area contributed by atoms with E-state index in [1.165, 1.54) is 6.07 Å². The molecule has 0 amide bonds. The normalized spacial score (nSPS) is 7.27. The molecule has 1 rings (SSSR count). The Labute approximate surface area is 86.6 Å². The molecule has 0 saturated heterocycles. The quantitative estimate of drug-likeness (QED) is 0.385. The molecule has 11 heavy (non-hydrogen) atoms. The smallest absolute Gasteiger partial charge is 0.870 e. The average molecular weight is 162 g/mol. The van der Waals surface area contributed by atoms with Crippen LogP contribution in [0.1, 0.15) is 10.4 Å². The molecule has 0 fully saturated rings. The predicted molar refractivity (Wildman–Crippen MR) is 35.4 cm³/mol. The Morgan fingerprint density at radius 2 is 1.82 bits per heavy atom. The van der Waals surface area contributed by atoms with Gasteiger partial charge in [-0.15, -0.1) is 0 Å². The number of carbonyl (C=O) groups is 1. The molecule has 0 aliphatic rings. The van der Waals surface area contributed by atoms with Crippen LogP contribution in [0, 0.1) is 0 Å². The maximum Gasteiger partial charge on any atom is 1.00 e. The number of para-hydroxylation sites is 1. The summed E-state index contributed by atoms with van der Waals surface area (Å²) in [6.45, 7) is 0. The van der Waals surface area contributed by atoms with E-state index in [9.17, 15) is 4.79 Å². The van der Waals surface area contributed by atoms with Crippen LogP contribution in [0.2, 0.25) is 0 Å². The Kier molecular flexibility index (Phi) is 7.67. The molecule has 3 nitrogen and oxygen atoms in total. The van der Waals surface area contributed by atoms with Gasteiger partial charge in [-0.3, -0.25) is 4.79 Å². The Morgan fingerprint density at radius 3 is 2.18 bits per heavy atom. The summed E-state index contributed by atoms with van der Waals surface area (Å²) in [7, 11) is 0. The van der Waals surface area contributed by atoms with Crippen molar-refractivity contribution in [2.24, 2.45) is 0 Å². The fourth-order valence-electron chi connectivity index (χ4n) is 0.587. The third-order valence-corrected chi connectivity index (χ3v) is 1.06. The first kappa shape index (κ1) is 13.3. The van der Waals surface area contributed by atoms with Gasteiger partial charge in [-0.2, -0.15) is 0 Å². The molecule has 0 bridgehead atoms. The van der Waals surface area contributed by atoms with Gasteiger partial charge in [-0.1, -0.05) is 12.1 Å². The van der Waals surface area contributed by atoms with Gasteiger partial charge in [0.05, 0.1) is 5.56 Å². The van der Waals surface area contributed by atoms with Crippen molar-refractivity contribution in [1.82, 2.24) is 0 Å². The van der Waals surface area contributed by atoms with Crippen LogP contribution in [0.4, 0.5) is 0 Å². The number of carbonyl (C=O) groups excluding carboxylic acids is 1. The van der Waals surface area contributed by atoms with Crippen molar-refractivity contribution in [3.63, 3.8) is 0 Å². The topological polar surface area (TPSA) is 67.3 Å². The molecule has 1 aromatic rings. The van der Waals surface area contributed by atoms with Crippen molar-refractivity contribution >= 4 is 6.29 Å². The molecule has 0 aliphatic heterocycles. The number of aromatic hydroxyl groups is 1. The summed E-state index contributed by atoms with van der Waals surface area (Å²) in [5, 5.41) is 8.88.